The van der Waals surface area contributed by atoms with E-state index in [1.165, 1.54) is 4.90 Å². The van der Waals surface area contributed by atoms with Gasteiger partial charge in [-0.25, -0.2) is 26.7 Å². The maximum atomic E-state index is 13.8. The van der Waals surface area contributed by atoms with Gasteiger partial charge < -0.3 is 4.74 Å². The molecule has 1 saturated heterocycles. The summed E-state index contributed by atoms with van der Waals surface area (Å²) >= 11 is 0. The number of hydrogen-bond donors (Lipinski definition) is 1. The van der Waals surface area contributed by atoms with Gasteiger partial charge in [-0.2, -0.15) is 0 Å². The first-order valence-corrected chi connectivity index (χ1v) is 6.84. The van der Waals surface area contributed by atoms with Crippen LogP contribution in [-0.2, 0) is 4.74 Å². The van der Waals surface area contributed by atoms with E-state index in [0.717, 1.165) is 0 Å². The van der Waals surface area contributed by atoms with Crippen molar-refractivity contribution in [1.29, 1.82) is 0 Å². The molecule has 1 aromatic rings. The Hall–Kier alpha value is -1.90. The molecule has 0 unspecified atom stereocenters. The van der Waals surface area contributed by atoms with Crippen LogP contribution in [0.3, 0.4) is 0 Å². The molecule has 1 heterocycles. The van der Waals surface area contributed by atoms with Crippen LogP contribution >= 0.6 is 0 Å². The van der Waals surface area contributed by atoms with Crippen LogP contribution in [0.25, 0.3) is 0 Å². The van der Waals surface area contributed by atoms with Crippen LogP contribution < -0.4 is 5.32 Å². The fourth-order valence-electron chi connectivity index (χ4n) is 2.22. The van der Waals surface area contributed by atoms with Gasteiger partial charge >= 0.3 is 6.09 Å². The fraction of sp³-hybridized carbons (Fsp3) is 0.500. The lowest BCUT2D eigenvalue weighted by Gasteiger charge is -2.19. The second-order valence-electron chi connectivity index (χ2n) is 5.55. The standard InChI is InChI=1S/C14H15F5N2O2/c1-7(2)21-5-11(14(18,19)6-21)23-13(22)20-12-9(16)3-8(15)4-10(12)17/h3-4,7,11H,5-6H2,1-2H3,(H,20,22)/t11-/m0/s1. The Balaban J connectivity index is 2.06. The number of alkyl halides is 2. The summed E-state index contributed by atoms with van der Waals surface area (Å²) in [5, 5.41) is 1.68. The minimum absolute atomic E-state index is 0.176. The van der Waals surface area contributed by atoms with Crippen LogP contribution in [0.2, 0.25) is 0 Å². The maximum Gasteiger partial charge on any atom is 0.412 e. The summed E-state index contributed by atoms with van der Waals surface area (Å²) in [6.07, 6.45) is -3.18. The molecule has 23 heavy (non-hydrogen) atoms. The predicted octanol–water partition coefficient (Wildman–Crippen LogP) is 3.38. The third-order valence-electron chi connectivity index (χ3n) is 3.50. The molecule has 0 bridgehead atoms. The van der Waals surface area contributed by atoms with E-state index in [4.69, 9.17) is 0 Å². The first-order chi connectivity index (χ1) is 10.6. The molecule has 1 N–H and O–H groups in total. The summed E-state index contributed by atoms with van der Waals surface area (Å²) in [5.74, 6) is -7.20. The number of halogens is 5. The number of rotatable bonds is 3. The second-order valence-corrected chi connectivity index (χ2v) is 5.55. The van der Waals surface area contributed by atoms with E-state index < -0.39 is 47.8 Å². The van der Waals surface area contributed by atoms with Crippen LogP contribution in [0.1, 0.15) is 13.8 Å². The molecule has 9 heteroatoms. The number of carbonyl (C=O) groups is 1. The molecule has 1 atom stereocenters. The summed E-state index contributed by atoms with van der Waals surface area (Å²) in [4.78, 5) is 13.0. The van der Waals surface area contributed by atoms with Gasteiger partial charge in [0.2, 0.25) is 0 Å². The highest BCUT2D eigenvalue weighted by atomic mass is 19.3. The van der Waals surface area contributed by atoms with Gasteiger partial charge in [0.15, 0.2) is 17.7 Å². The number of carbonyl (C=O) groups excluding carboxylic acids is 1. The molecule has 0 aromatic heterocycles. The quantitative estimate of drug-likeness (QED) is 0.859. The van der Waals surface area contributed by atoms with Gasteiger partial charge in [-0.15, -0.1) is 0 Å². The lowest BCUT2D eigenvalue weighted by Crippen LogP contribution is -2.37. The number of anilines is 1. The molecule has 0 radical (unpaired) electrons. The molecular weight excluding hydrogens is 323 g/mol. The van der Waals surface area contributed by atoms with Crippen molar-refractivity contribution >= 4 is 11.8 Å². The fourth-order valence-corrected chi connectivity index (χ4v) is 2.22. The molecule has 1 aliphatic heterocycles. The Bertz CT molecular complexity index is 586. The number of likely N-dealkylation sites (tertiary alicyclic amines) is 1. The van der Waals surface area contributed by atoms with Gasteiger partial charge in [-0.05, 0) is 13.8 Å². The van der Waals surface area contributed by atoms with Crippen molar-refractivity contribution < 1.29 is 31.5 Å². The Morgan fingerprint density at radius 2 is 1.87 bits per heavy atom. The van der Waals surface area contributed by atoms with Crippen LogP contribution in [0, 0.1) is 17.5 Å². The molecule has 0 aliphatic carbocycles. The van der Waals surface area contributed by atoms with Gasteiger partial charge in [0.05, 0.1) is 6.54 Å². The Kier molecular flexibility index (Phi) is 4.79. The zero-order chi connectivity index (χ0) is 17.4. The Morgan fingerprint density at radius 1 is 1.30 bits per heavy atom. The first kappa shape index (κ1) is 17.5. The summed E-state index contributed by atoms with van der Waals surface area (Å²) in [6.45, 7) is 2.64. The van der Waals surface area contributed by atoms with Crippen LogP contribution in [0.4, 0.5) is 32.4 Å². The number of nitrogens with one attached hydrogen (secondary N) is 1. The van der Waals surface area contributed by atoms with Crippen molar-refractivity contribution in [3.63, 3.8) is 0 Å². The van der Waals surface area contributed by atoms with Crippen LogP contribution in [-0.4, -0.2) is 42.2 Å². The molecule has 1 fully saturated rings. The summed E-state index contributed by atoms with van der Waals surface area (Å²) in [7, 11) is 0. The average Bonchev–Trinajstić information content (AvgIpc) is 2.69. The molecular formula is C14H15F5N2O2. The summed E-state index contributed by atoms with van der Waals surface area (Å²) in [5.41, 5.74) is -0.960. The predicted molar refractivity (Wildman–Crippen MR) is 71.9 cm³/mol. The maximum absolute atomic E-state index is 13.8. The Labute approximate surface area is 129 Å². The molecule has 1 amide bonds. The zero-order valence-corrected chi connectivity index (χ0v) is 12.4. The first-order valence-electron chi connectivity index (χ1n) is 6.84. The highest BCUT2D eigenvalue weighted by Gasteiger charge is 2.51. The van der Waals surface area contributed by atoms with Crippen molar-refractivity contribution in [2.45, 2.75) is 31.9 Å². The largest absolute Gasteiger partial charge is 0.438 e. The van der Waals surface area contributed by atoms with Crippen molar-refractivity contribution in [2.24, 2.45) is 0 Å². The number of hydrogen-bond acceptors (Lipinski definition) is 3. The third kappa shape index (κ3) is 3.90. The summed E-state index contributed by atoms with van der Waals surface area (Å²) in [6, 6.07) is 0.525. The van der Waals surface area contributed by atoms with Gasteiger partial charge in [-0.1, -0.05) is 0 Å². The lowest BCUT2D eigenvalue weighted by atomic mass is 10.2. The van der Waals surface area contributed by atoms with Gasteiger partial charge in [-0.3, -0.25) is 10.2 Å². The number of ether oxygens (including phenoxy) is 1. The highest BCUT2D eigenvalue weighted by molar-refractivity contribution is 5.85. The minimum atomic E-state index is -3.28. The SMILES string of the molecule is CC(C)N1C[C@H](OC(=O)Nc2c(F)cc(F)cc2F)C(F)(F)C1. The normalized spacial score (nSPS) is 20.8. The Morgan fingerprint density at radius 3 is 2.35 bits per heavy atom. The molecule has 0 spiro atoms. The number of amides is 1. The van der Waals surface area contributed by atoms with E-state index in [1.807, 2.05) is 0 Å². The van der Waals surface area contributed by atoms with Crippen molar-refractivity contribution in [3.05, 3.63) is 29.6 Å². The molecule has 1 aromatic carbocycles. The van der Waals surface area contributed by atoms with Crippen molar-refractivity contribution in [2.75, 3.05) is 18.4 Å². The average molecular weight is 338 g/mol. The van der Waals surface area contributed by atoms with Gasteiger partial charge in [0.1, 0.15) is 11.5 Å². The van der Waals surface area contributed by atoms with Crippen LogP contribution in [0.15, 0.2) is 12.1 Å². The van der Waals surface area contributed by atoms with Crippen LogP contribution in [0.5, 0.6) is 0 Å². The van der Waals surface area contributed by atoms with E-state index in [0.29, 0.717) is 12.1 Å². The topological polar surface area (TPSA) is 41.6 Å². The molecule has 1 aliphatic rings. The van der Waals surface area contributed by atoms with Gasteiger partial charge in [0.25, 0.3) is 5.92 Å². The van der Waals surface area contributed by atoms with E-state index in [9.17, 15) is 26.7 Å². The molecule has 4 nitrogen and oxygen atoms in total. The van der Waals surface area contributed by atoms with Gasteiger partial charge in [0, 0.05) is 24.7 Å². The monoisotopic (exact) mass is 338 g/mol. The smallest absolute Gasteiger partial charge is 0.412 e. The van der Waals surface area contributed by atoms with E-state index in [-0.39, 0.29) is 12.6 Å². The number of benzene rings is 1. The zero-order valence-electron chi connectivity index (χ0n) is 12.4. The summed E-state index contributed by atoms with van der Waals surface area (Å²) < 4.78 is 71.7. The van der Waals surface area contributed by atoms with Crippen molar-refractivity contribution in [1.82, 2.24) is 4.90 Å². The molecule has 128 valence electrons. The lowest BCUT2D eigenvalue weighted by molar-refractivity contribution is -0.0755. The molecule has 0 saturated carbocycles. The van der Waals surface area contributed by atoms with E-state index >= 15 is 0 Å². The third-order valence-corrected chi connectivity index (χ3v) is 3.50. The van der Waals surface area contributed by atoms with E-state index in [2.05, 4.69) is 4.74 Å². The minimum Gasteiger partial charge on any atom is -0.438 e. The van der Waals surface area contributed by atoms with Crippen molar-refractivity contribution in [3.8, 4) is 0 Å². The highest BCUT2D eigenvalue weighted by Crippen LogP contribution is 2.31. The second kappa shape index (κ2) is 6.31. The van der Waals surface area contributed by atoms with E-state index in [1.54, 1.807) is 19.2 Å². The number of nitrogens with zero attached hydrogens (tertiary/aromatic N) is 1. The molecule has 2 rings (SSSR count).